The van der Waals surface area contributed by atoms with E-state index in [0.29, 0.717) is 11.1 Å². The quantitative estimate of drug-likeness (QED) is 0.557. The van der Waals surface area contributed by atoms with Gasteiger partial charge in [0, 0.05) is 5.56 Å². The van der Waals surface area contributed by atoms with Gasteiger partial charge in [0.1, 0.15) is 6.61 Å². The van der Waals surface area contributed by atoms with Crippen LogP contribution in [0.1, 0.15) is 26.3 Å². The van der Waals surface area contributed by atoms with Crippen molar-refractivity contribution in [2.75, 3.05) is 6.54 Å². The lowest BCUT2D eigenvalue weighted by molar-refractivity contribution is 0.0472. The topological polar surface area (TPSA) is 116 Å². The Labute approximate surface area is 151 Å². The van der Waals surface area contributed by atoms with Crippen molar-refractivity contribution in [1.82, 2.24) is 4.72 Å². The summed E-state index contributed by atoms with van der Waals surface area (Å²) in [6.07, 6.45) is 5.02. The molecule has 3 N–H and O–H groups in total. The van der Waals surface area contributed by atoms with E-state index in [-0.39, 0.29) is 23.6 Å². The summed E-state index contributed by atoms with van der Waals surface area (Å²) in [5.41, 5.74) is 6.30. The van der Waals surface area contributed by atoms with Crippen molar-refractivity contribution < 1.29 is 22.7 Å². The second-order valence-corrected chi connectivity index (χ2v) is 6.96. The van der Waals surface area contributed by atoms with Gasteiger partial charge in [0.05, 0.1) is 17.0 Å². The fourth-order valence-electron chi connectivity index (χ4n) is 2.04. The molecule has 0 aliphatic rings. The molecule has 2 aromatic carbocycles. The Morgan fingerprint density at radius 3 is 2.42 bits per heavy atom. The van der Waals surface area contributed by atoms with Crippen molar-refractivity contribution in [3.8, 4) is 12.3 Å². The highest BCUT2D eigenvalue weighted by Gasteiger charge is 2.14. The number of primary amides is 1. The number of nitrogens with two attached hydrogens (primary N) is 1. The number of rotatable bonds is 7. The lowest BCUT2D eigenvalue weighted by atomic mass is 10.1. The predicted molar refractivity (Wildman–Crippen MR) is 94.5 cm³/mol. The van der Waals surface area contributed by atoms with Gasteiger partial charge < -0.3 is 10.5 Å². The fourth-order valence-corrected chi connectivity index (χ4v) is 2.97. The molecule has 26 heavy (non-hydrogen) atoms. The first-order chi connectivity index (χ1) is 12.3. The third-order valence-corrected chi connectivity index (χ3v) is 4.76. The van der Waals surface area contributed by atoms with Crippen LogP contribution in [0.5, 0.6) is 0 Å². The molecule has 134 valence electrons. The maximum Gasteiger partial charge on any atom is 0.338 e. The zero-order chi connectivity index (χ0) is 19.2. The highest BCUT2D eigenvalue weighted by molar-refractivity contribution is 7.89. The van der Waals surface area contributed by atoms with Crippen LogP contribution in [0, 0.1) is 12.3 Å². The van der Waals surface area contributed by atoms with Crippen LogP contribution in [0.25, 0.3) is 0 Å². The second kappa shape index (κ2) is 8.29. The summed E-state index contributed by atoms with van der Waals surface area (Å²) in [4.78, 5) is 23.2. The van der Waals surface area contributed by atoms with E-state index in [2.05, 4.69) is 10.6 Å². The lowest BCUT2D eigenvalue weighted by Gasteiger charge is -2.07. The van der Waals surface area contributed by atoms with E-state index in [0.717, 1.165) is 0 Å². The molecule has 0 saturated heterocycles. The van der Waals surface area contributed by atoms with Gasteiger partial charge in [-0.1, -0.05) is 18.1 Å². The number of hydrogen-bond donors (Lipinski definition) is 2. The minimum atomic E-state index is -3.72. The number of amides is 1. The molecule has 1 amide bonds. The summed E-state index contributed by atoms with van der Waals surface area (Å²) < 4.78 is 31.2. The van der Waals surface area contributed by atoms with Crippen molar-refractivity contribution >= 4 is 21.9 Å². The third-order valence-electron chi connectivity index (χ3n) is 3.35. The van der Waals surface area contributed by atoms with Gasteiger partial charge in [-0.05, 0) is 42.0 Å². The largest absolute Gasteiger partial charge is 0.457 e. The first-order valence-electron chi connectivity index (χ1n) is 7.42. The molecule has 0 aliphatic heterocycles. The van der Waals surface area contributed by atoms with Crippen LogP contribution in [0.2, 0.25) is 0 Å². The lowest BCUT2D eigenvalue weighted by Crippen LogP contribution is -2.23. The number of esters is 1. The van der Waals surface area contributed by atoms with Gasteiger partial charge >= 0.3 is 5.97 Å². The zero-order valence-corrected chi connectivity index (χ0v) is 14.5. The van der Waals surface area contributed by atoms with Crippen molar-refractivity contribution in [3.05, 3.63) is 65.2 Å². The monoisotopic (exact) mass is 372 g/mol. The standard InChI is InChI=1S/C18H16N2O5S/c1-2-10-20-26(23,24)16-8-6-14(7-9-16)18(22)25-12-13-4-3-5-15(11-13)17(19)21/h1,3-9,11,20H,10,12H2,(H2,19,21). The molecule has 7 nitrogen and oxygen atoms in total. The normalized spacial score (nSPS) is 10.7. The molecular weight excluding hydrogens is 356 g/mol. The van der Waals surface area contributed by atoms with E-state index in [1.807, 2.05) is 0 Å². The fraction of sp³-hybridized carbons (Fsp3) is 0.111. The van der Waals surface area contributed by atoms with Gasteiger partial charge in [0.15, 0.2) is 0 Å². The molecule has 0 aromatic heterocycles. The SMILES string of the molecule is C#CCNS(=O)(=O)c1ccc(C(=O)OCc2cccc(C(N)=O)c2)cc1. The highest BCUT2D eigenvalue weighted by Crippen LogP contribution is 2.13. The average Bonchev–Trinajstić information content (AvgIpc) is 2.64. The summed E-state index contributed by atoms with van der Waals surface area (Å²) in [6.45, 7) is -0.180. The minimum absolute atomic E-state index is 0.0153. The Kier molecular flexibility index (Phi) is 6.11. The van der Waals surface area contributed by atoms with E-state index < -0.39 is 21.9 Å². The maximum atomic E-state index is 12.1. The molecule has 8 heteroatoms. The molecule has 0 saturated carbocycles. The highest BCUT2D eigenvalue weighted by atomic mass is 32.2. The van der Waals surface area contributed by atoms with Crippen LogP contribution < -0.4 is 10.5 Å². The predicted octanol–water partition coefficient (Wildman–Crippen LogP) is 1.05. The van der Waals surface area contributed by atoms with Crippen molar-refractivity contribution in [2.24, 2.45) is 5.73 Å². The van der Waals surface area contributed by atoms with Gasteiger partial charge in [0.2, 0.25) is 15.9 Å². The van der Waals surface area contributed by atoms with Crippen molar-refractivity contribution in [3.63, 3.8) is 0 Å². The summed E-state index contributed by atoms with van der Waals surface area (Å²) in [7, 11) is -3.72. The first-order valence-corrected chi connectivity index (χ1v) is 8.91. The summed E-state index contributed by atoms with van der Waals surface area (Å²) in [5, 5.41) is 0. The Balaban J connectivity index is 2.03. The van der Waals surface area contributed by atoms with E-state index >= 15 is 0 Å². The zero-order valence-electron chi connectivity index (χ0n) is 13.6. The third kappa shape index (κ3) is 4.92. The number of benzene rings is 2. The maximum absolute atomic E-state index is 12.1. The molecule has 2 rings (SSSR count). The number of nitrogens with one attached hydrogen (secondary N) is 1. The molecule has 2 aromatic rings. The number of hydrogen-bond acceptors (Lipinski definition) is 5. The van der Waals surface area contributed by atoms with E-state index in [1.165, 1.54) is 30.3 Å². The van der Waals surface area contributed by atoms with Gasteiger partial charge in [-0.3, -0.25) is 4.79 Å². The van der Waals surface area contributed by atoms with Crippen LogP contribution in [0.3, 0.4) is 0 Å². The number of carbonyl (C=O) groups excluding carboxylic acids is 2. The smallest absolute Gasteiger partial charge is 0.338 e. The molecule has 0 spiro atoms. The van der Waals surface area contributed by atoms with E-state index in [1.54, 1.807) is 18.2 Å². The number of carbonyl (C=O) groups is 2. The Morgan fingerprint density at radius 1 is 1.12 bits per heavy atom. The van der Waals surface area contributed by atoms with E-state index in [4.69, 9.17) is 16.9 Å². The van der Waals surface area contributed by atoms with Crippen LogP contribution in [0.4, 0.5) is 0 Å². The van der Waals surface area contributed by atoms with E-state index in [9.17, 15) is 18.0 Å². The average molecular weight is 372 g/mol. The summed E-state index contributed by atoms with van der Waals surface area (Å²) in [6, 6.07) is 11.6. The number of terminal acetylenes is 1. The van der Waals surface area contributed by atoms with Gasteiger partial charge in [0.25, 0.3) is 0 Å². The Bertz CT molecular complexity index is 960. The van der Waals surface area contributed by atoms with Crippen LogP contribution in [-0.2, 0) is 21.4 Å². The molecular formula is C18H16N2O5S. The van der Waals surface area contributed by atoms with Gasteiger partial charge in [-0.15, -0.1) is 6.42 Å². The summed E-state index contributed by atoms with van der Waals surface area (Å²) in [5.74, 6) is 0.968. The molecule has 0 radical (unpaired) electrons. The minimum Gasteiger partial charge on any atom is -0.457 e. The molecule has 0 unspecified atom stereocenters. The number of ether oxygens (including phenoxy) is 1. The van der Waals surface area contributed by atoms with Crippen LogP contribution in [-0.4, -0.2) is 26.8 Å². The van der Waals surface area contributed by atoms with Crippen molar-refractivity contribution in [2.45, 2.75) is 11.5 Å². The Hall–Kier alpha value is -3.15. The molecule has 0 aliphatic carbocycles. The summed E-state index contributed by atoms with van der Waals surface area (Å²) >= 11 is 0. The molecule has 0 atom stereocenters. The number of sulfonamides is 1. The van der Waals surface area contributed by atoms with Gasteiger partial charge in [-0.2, -0.15) is 4.72 Å². The van der Waals surface area contributed by atoms with Crippen molar-refractivity contribution in [1.29, 1.82) is 0 Å². The van der Waals surface area contributed by atoms with Crippen LogP contribution in [0.15, 0.2) is 53.4 Å². The Morgan fingerprint density at radius 2 is 1.81 bits per heavy atom. The molecule has 0 bridgehead atoms. The molecule has 0 fully saturated rings. The van der Waals surface area contributed by atoms with Crippen LogP contribution >= 0.6 is 0 Å². The molecule has 0 heterocycles. The van der Waals surface area contributed by atoms with Gasteiger partial charge in [-0.25, -0.2) is 13.2 Å². The first kappa shape index (κ1) is 19.2. The second-order valence-electron chi connectivity index (χ2n) is 5.19.